The summed E-state index contributed by atoms with van der Waals surface area (Å²) in [4.78, 5) is 36.3. The Bertz CT molecular complexity index is 671. The number of carbonyl (C=O) groups is 3. The smallest absolute Gasteiger partial charge is 0.407 e. The maximum absolute atomic E-state index is 12.3. The van der Waals surface area contributed by atoms with E-state index in [1.807, 2.05) is 27.7 Å². The van der Waals surface area contributed by atoms with E-state index >= 15 is 0 Å². The van der Waals surface area contributed by atoms with Crippen molar-refractivity contribution in [2.45, 2.75) is 53.0 Å². The highest BCUT2D eigenvalue weighted by atomic mass is 16.6. The molecule has 0 radical (unpaired) electrons. The van der Waals surface area contributed by atoms with Crippen molar-refractivity contribution < 1.29 is 33.7 Å². The molecule has 0 fully saturated rings. The number of aryl methyl sites for hydroxylation is 1. The van der Waals surface area contributed by atoms with E-state index in [1.165, 1.54) is 0 Å². The number of nitrogens with one attached hydrogen (secondary N) is 1. The molecule has 2 N–H and O–H groups in total. The molecular weight excluding hydrogens is 390 g/mol. The van der Waals surface area contributed by atoms with Gasteiger partial charge in [-0.05, 0) is 42.4 Å². The number of esters is 2. The lowest BCUT2D eigenvalue weighted by molar-refractivity contribution is -0.153. The average Bonchev–Trinajstić information content (AvgIpc) is 2.68. The number of amides is 1. The normalized spacial score (nSPS) is 11.8. The van der Waals surface area contributed by atoms with Gasteiger partial charge in [0.1, 0.15) is 11.8 Å². The highest BCUT2D eigenvalue weighted by Gasteiger charge is 2.27. The first kappa shape index (κ1) is 25.3. The highest BCUT2D eigenvalue weighted by molar-refractivity contribution is 5.86. The maximum Gasteiger partial charge on any atom is 0.407 e. The van der Waals surface area contributed by atoms with Gasteiger partial charge >= 0.3 is 18.0 Å². The Kier molecular flexibility index (Phi) is 11.3. The Morgan fingerprint density at radius 2 is 1.53 bits per heavy atom. The molecule has 1 aromatic rings. The zero-order valence-corrected chi connectivity index (χ0v) is 18.2. The molecule has 30 heavy (non-hydrogen) atoms. The average molecular weight is 424 g/mol. The monoisotopic (exact) mass is 423 g/mol. The Labute approximate surface area is 177 Å². The molecule has 8 heteroatoms. The summed E-state index contributed by atoms with van der Waals surface area (Å²) in [5, 5.41) is 11.7. The fourth-order valence-electron chi connectivity index (χ4n) is 2.32. The van der Waals surface area contributed by atoms with Crippen LogP contribution in [0.4, 0.5) is 4.79 Å². The summed E-state index contributed by atoms with van der Waals surface area (Å²) in [7, 11) is 0. The second-order valence-electron chi connectivity index (χ2n) is 7.91. The predicted molar refractivity (Wildman–Crippen MR) is 111 cm³/mol. The van der Waals surface area contributed by atoms with Gasteiger partial charge in [0.15, 0.2) is 0 Å². The largest absolute Gasteiger partial charge is 0.508 e. The van der Waals surface area contributed by atoms with Gasteiger partial charge < -0.3 is 24.6 Å². The molecule has 1 amide bonds. The van der Waals surface area contributed by atoms with Crippen LogP contribution in [-0.2, 0) is 30.2 Å². The lowest BCUT2D eigenvalue weighted by Crippen LogP contribution is -2.44. The van der Waals surface area contributed by atoms with Crippen LogP contribution in [0.5, 0.6) is 5.75 Å². The van der Waals surface area contributed by atoms with E-state index in [-0.39, 0.29) is 43.8 Å². The van der Waals surface area contributed by atoms with Gasteiger partial charge in [-0.2, -0.15) is 0 Å². The van der Waals surface area contributed by atoms with E-state index in [0.29, 0.717) is 12.8 Å². The molecule has 0 heterocycles. The van der Waals surface area contributed by atoms with Gasteiger partial charge in [-0.25, -0.2) is 9.59 Å². The van der Waals surface area contributed by atoms with Crippen molar-refractivity contribution in [1.82, 2.24) is 5.32 Å². The fourth-order valence-corrected chi connectivity index (χ4v) is 2.32. The van der Waals surface area contributed by atoms with Crippen molar-refractivity contribution in [3.8, 4) is 5.75 Å². The Morgan fingerprint density at radius 1 is 0.933 bits per heavy atom. The molecule has 0 saturated heterocycles. The van der Waals surface area contributed by atoms with E-state index in [0.717, 1.165) is 5.56 Å². The Balaban J connectivity index is 2.49. The minimum Gasteiger partial charge on any atom is -0.508 e. The van der Waals surface area contributed by atoms with Crippen molar-refractivity contribution in [2.24, 2.45) is 11.8 Å². The number of phenolic OH excluding ortho intramolecular Hbond substituents is 1. The van der Waals surface area contributed by atoms with Crippen molar-refractivity contribution in [1.29, 1.82) is 0 Å². The van der Waals surface area contributed by atoms with Crippen molar-refractivity contribution >= 4 is 18.0 Å². The predicted octanol–water partition coefficient (Wildman–Crippen LogP) is 3.21. The lowest BCUT2D eigenvalue weighted by atomic mass is 10.1. The zero-order valence-electron chi connectivity index (χ0n) is 18.2. The number of aromatic hydroxyl groups is 1. The third-order valence-electron chi connectivity index (χ3n) is 3.86. The molecule has 0 aliphatic heterocycles. The summed E-state index contributed by atoms with van der Waals surface area (Å²) in [6, 6.07) is 5.59. The summed E-state index contributed by atoms with van der Waals surface area (Å²) in [6.07, 6.45) is 0.0991. The number of alkyl carbamates (subject to hydrolysis) is 1. The maximum atomic E-state index is 12.3. The van der Waals surface area contributed by atoms with Crippen LogP contribution in [0.25, 0.3) is 0 Å². The number of benzene rings is 1. The third-order valence-corrected chi connectivity index (χ3v) is 3.86. The second-order valence-corrected chi connectivity index (χ2v) is 7.91. The van der Waals surface area contributed by atoms with Crippen LogP contribution in [-0.4, -0.2) is 49.0 Å². The number of ether oxygens (including phenoxy) is 3. The molecule has 0 bridgehead atoms. The molecule has 0 aliphatic rings. The molecule has 1 rings (SSSR count). The van der Waals surface area contributed by atoms with Crippen LogP contribution in [0, 0.1) is 11.8 Å². The van der Waals surface area contributed by atoms with E-state index in [2.05, 4.69) is 5.32 Å². The van der Waals surface area contributed by atoms with E-state index in [1.54, 1.807) is 24.3 Å². The Morgan fingerprint density at radius 3 is 2.13 bits per heavy atom. The number of carbonyl (C=O) groups excluding carboxylic acids is 3. The molecular formula is C22H33NO7. The first-order chi connectivity index (χ1) is 14.2. The zero-order chi connectivity index (χ0) is 22.5. The van der Waals surface area contributed by atoms with Gasteiger partial charge in [-0.3, -0.25) is 4.79 Å². The van der Waals surface area contributed by atoms with Gasteiger partial charge in [0.05, 0.1) is 26.2 Å². The van der Waals surface area contributed by atoms with Crippen LogP contribution in [0.15, 0.2) is 24.3 Å². The number of hydrogen-bond donors (Lipinski definition) is 2. The fraction of sp³-hybridized carbons (Fsp3) is 0.591. The SMILES string of the molecule is CC(C)COC(=O)C[C@H](NC(=O)OCCCc1ccc(O)cc1)C(=O)OCC(C)C. The van der Waals surface area contributed by atoms with E-state index in [9.17, 15) is 19.5 Å². The molecule has 0 unspecified atom stereocenters. The summed E-state index contributed by atoms with van der Waals surface area (Å²) >= 11 is 0. The summed E-state index contributed by atoms with van der Waals surface area (Å²) < 4.78 is 15.4. The van der Waals surface area contributed by atoms with Crippen LogP contribution < -0.4 is 5.32 Å². The van der Waals surface area contributed by atoms with Gasteiger partial charge in [-0.15, -0.1) is 0 Å². The molecule has 0 aromatic heterocycles. The van der Waals surface area contributed by atoms with Crippen molar-refractivity contribution in [3.63, 3.8) is 0 Å². The van der Waals surface area contributed by atoms with Crippen LogP contribution in [0.2, 0.25) is 0 Å². The van der Waals surface area contributed by atoms with Crippen molar-refractivity contribution in [2.75, 3.05) is 19.8 Å². The van der Waals surface area contributed by atoms with Gasteiger partial charge in [0.25, 0.3) is 0 Å². The molecule has 0 saturated carbocycles. The van der Waals surface area contributed by atoms with Crippen LogP contribution >= 0.6 is 0 Å². The van der Waals surface area contributed by atoms with E-state index in [4.69, 9.17) is 14.2 Å². The summed E-state index contributed by atoms with van der Waals surface area (Å²) in [5.41, 5.74) is 1.000. The van der Waals surface area contributed by atoms with E-state index < -0.39 is 24.1 Å². The number of rotatable bonds is 12. The number of hydrogen-bond acceptors (Lipinski definition) is 7. The van der Waals surface area contributed by atoms with Crippen LogP contribution in [0.3, 0.4) is 0 Å². The minimum atomic E-state index is -1.17. The van der Waals surface area contributed by atoms with Gasteiger partial charge in [0.2, 0.25) is 0 Å². The Hall–Kier alpha value is -2.77. The van der Waals surface area contributed by atoms with Gasteiger partial charge in [-0.1, -0.05) is 39.8 Å². The summed E-state index contributed by atoms with van der Waals surface area (Å²) in [5.74, 6) is -0.827. The minimum absolute atomic E-state index is 0.120. The topological polar surface area (TPSA) is 111 Å². The second kappa shape index (κ2) is 13.5. The first-order valence-electron chi connectivity index (χ1n) is 10.2. The molecule has 0 spiro atoms. The van der Waals surface area contributed by atoms with Gasteiger partial charge in [0, 0.05) is 0 Å². The number of phenols is 1. The molecule has 168 valence electrons. The third kappa shape index (κ3) is 11.3. The summed E-state index contributed by atoms with van der Waals surface area (Å²) in [6.45, 7) is 8.11. The van der Waals surface area contributed by atoms with Crippen molar-refractivity contribution in [3.05, 3.63) is 29.8 Å². The standard InChI is InChI=1S/C22H33NO7/c1-15(2)13-29-20(25)12-19(21(26)30-14-16(3)4)23-22(27)28-11-5-6-17-7-9-18(24)10-8-17/h7-10,15-16,19,24H,5-6,11-14H2,1-4H3,(H,23,27)/t19-/m0/s1. The lowest BCUT2D eigenvalue weighted by Gasteiger charge is -2.18. The molecule has 8 nitrogen and oxygen atoms in total. The molecule has 1 aromatic carbocycles. The highest BCUT2D eigenvalue weighted by Crippen LogP contribution is 2.11. The van der Waals surface area contributed by atoms with Crippen LogP contribution in [0.1, 0.15) is 46.1 Å². The first-order valence-corrected chi connectivity index (χ1v) is 10.2. The molecule has 0 aliphatic carbocycles. The quantitative estimate of drug-likeness (QED) is 0.302. The molecule has 1 atom stereocenters.